The van der Waals surface area contributed by atoms with Crippen molar-refractivity contribution >= 4 is 30.7 Å². The van der Waals surface area contributed by atoms with E-state index in [0.29, 0.717) is 12.8 Å². The molecule has 1 rings (SSSR count). The van der Waals surface area contributed by atoms with Gasteiger partial charge in [-0.3, -0.25) is 4.79 Å². The first-order valence-corrected chi connectivity index (χ1v) is 14.0. The minimum Gasteiger partial charge on any atom is -0.326 e. The number of carbonyl (C=O) groups excluding carboxylic acids is 1. The maximum atomic E-state index is 13.7. The van der Waals surface area contributed by atoms with Gasteiger partial charge in [-0.2, -0.15) is 14.0 Å². The number of unbranched alkanes of at least 4 members (excludes halogenated alkanes) is 6. The molecule has 0 aliphatic rings. The lowest BCUT2D eigenvalue weighted by molar-refractivity contribution is -0.124. The van der Waals surface area contributed by atoms with E-state index in [4.69, 9.17) is 5.26 Å². The van der Waals surface area contributed by atoms with Crippen LogP contribution in [0.2, 0.25) is 0 Å². The molecule has 0 spiro atoms. The Kier molecular flexibility index (Phi) is 11.9. The van der Waals surface area contributed by atoms with Crippen molar-refractivity contribution in [2.75, 3.05) is 16.8 Å². The Hall–Kier alpha value is -1.58. The van der Waals surface area contributed by atoms with E-state index in [0.717, 1.165) is 51.0 Å². The molecule has 0 saturated heterocycles. The first kappa shape index (κ1) is 29.5. The van der Waals surface area contributed by atoms with Crippen molar-refractivity contribution in [2.45, 2.75) is 84.2 Å². The van der Waals surface area contributed by atoms with E-state index in [2.05, 4.69) is 5.32 Å². The second kappa shape index (κ2) is 13.3. The number of amides is 1. The van der Waals surface area contributed by atoms with Gasteiger partial charge in [0, 0.05) is 16.7 Å². The summed E-state index contributed by atoms with van der Waals surface area (Å²) in [6, 6.07) is 5.60. The molecule has 1 aromatic carbocycles. The van der Waals surface area contributed by atoms with Crippen molar-refractivity contribution in [1.29, 1.82) is 5.26 Å². The Balaban J connectivity index is 2.44. The van der Waals surface area contributed by atoms with Gasteiger partial charge in [0.1, 0.15) is 9.84 Å². The molecular formula is C24H37F2N2O3PS. The summed E-state index contributed by atoms with van der Waals surface area (Å²) < 4.78 is 51.4. The average Bonchev–Trinajstić information content (AvgIpc) is 2.72. The third kappa shape index (κ3) is 10.9. The van der Waals surface area contributed by atoms with Gasteiger partial charge in [-0.1, -0.05) is 68.5 Å². The lowest BCUT2D eigenvalue weighted by Gasteiger charge is -2.24. The average molecular weight is 503 g/mol. The first-order chi connectivity index (χ1) is 15.3. The number of nitrogens with one attached hydrogen (secondary N) is 1. The topological polar surface area (TPSA) is 87.0 Å². The number of alkyl halides is 2. The molecule has 0 heterocycles. The molecule has 0 radical (unpaired) electrons. The highest BCUT2D eigenvalue weighted by atomic mass is 32.2. The van der Waals surface area contributed by atoms with Gasteiger partial charge in [0.15, 0.2) is 0 Å². The molecule has 186 valence electrons. The van der Waals surface area contributed by atoms with Gasteiger partial charge in [-0.15, -0.1) is 0 Å². The van der Waals surface area contributed by atoms with E-state index in [1.54, 1.807) is 19.9 Å². The predicted octanol–water partition coefficient (Wildman–Crippen LogP) is 6.39. The highest BCUT2D eigenvalue weighted by Gasteiger charge is 2.30. The summed E-state index contributed by atoms with van der Waals surface area (Å²) in [6.45, 7) is 5.66. The summed E-state index contributed by atoms with van der Waals surface area (Å²) in [5.74, 6) is 0.245. The second-order valence-electron chi connectivity index (χ2n) is 9.21. The van der Waals surface area contributed by atoms with Crippen LogP contribution in [0.4, 0.5) is 14.5 Å². The van der Waals surface area contributed by atoms with Crippen molar-refractivity contribution in [2.24, 2.45) is 5.41 Å². The van der Waals surface area contributed by atoms with Crippen LogP contribution in [-0.4, -0.2) is 25.8 Å². The highest BCUT2D eigenvalue weighted by molar-refractivity contribution is 7.91. The third-order valence-electron chi connectivity index (χ3n) is 5.69. The van der Waals surface area contributed by atoms with Gasteiger partial charge in [-0.05, 0) is 37.5 Å². The first-order valence-electron chi connectivity index (χ1n) is 11.6. The number of hydrogen-bond acceptors (Lipinski definition) is 4. The summed E-state index contributed by atoms with van der Waals surface area (Å²) in [6.07, 6.45) is 7.43. The Morgan fingerprint density at radius 1 is 1.06 bits per heavy atom. The third-order valence-corrected chi connectivity index (χ3v) is 7.82. The number of benzene rings is 1. The molecule has 1 amide bonds. The standard InChI is InChI=1S/C24H37F2N2O3PS/c1-4-5-10-15-33(30,31)16-11-8-6-7-9-14-23(2,3)22(29)28-20-13-12-19(18-27)21(17-20)24(25,26)32/h12-13,17H,4-11,14-16,32H2,1-3H3,(H,28,29). The molecule has 1 aromatic rings. The van der Waals surface area contributed by atoms with Crippen molar-refractivity contribution in [3.8, 4) is 6.07 Å². The van der Waals surface area contributed by atoms with Crippen molar-refractivity contribution in [3.05, 3.63) is 29.3 Å². The fraction of sp³-hybridized carbons (Fsp3) is 0.667. The number of nitrogens with zero attached hydrogens (tertiary/aromatic N) is 1. The summed E-state index contributed by atoms with van der Waals surface area (Å²) >= 11 is 0. The van der Waals surface area contributed by atoms with E-state index in [1.165, 1.54) is 21.4 Å². The number of halogens is 2. The zero-order valence-electron chi connectivity index (χ0n) is 19.9. The normalized spacial score (nSPS) is 12.4. The van der Waals surface area contributed by atoms with Crippen LogP contribution in [0.15, 0.2) is 18.2 Å². The monoisotopic (exact) mass is 502 g/mol. The molecule has 0 fully saturated rings. The maximum Gasteiger partial charge on any atom is 0.285 e. The quantitative estimate of drug-likeness (QED) is 0.222. The van der Waals surface area contributed by atoms with Crippen LogP contribution in [0.25, 0.3) is 0 Å². The molecule has 0 aliphatic heterocycles. The van der Waals surface area contributed by atoms with Gasteiger partial charge < -0.3 is 5.32 Å². The molecule has 33 heavy (non-hydrogen) atoms. The highest BCUT2D eigenvalue weighted by Crippen LogP contribution is 2.38. The van der Waals surface area contributed by atoms with E-state index in [1.807, 2.05) is 6.92 Å². The fourth-order valence-electron chi connectivity index (χ4n) is 3.50. The Bertz CT molecular complexity index is 923. The number of carbonyl (C=O) groups is 1. The maximum absolute atomic E-state index is 13.7. The van der Waals surface area contributed by atoms with Gasteiger partial charge in [0.2, 0.25) is 5.91 Å². The number of nitriles is 1. The minimum absolute atomic E-state index is 0.138. The predicted molar refractivity (Wildman–Crippen MR) is 133 cm³/mol. The molecule has 1 atom stereocenters. The summed E-state index contributed by atoms with van der Waals surface area (Å²) in [4.78, 5) is 12.7. The molecule has 1 unspecified atom stereocenters. The van der Waals surface area contributed by atoms with Crippen molar-refractivity contribution in [1.82, 2.24) is 0 Å². The Labute approximate surface area is 199 Å². The van der Waals surface area contributed by atoms with Crippen LogP contribution in [-0.2, 0) is 20.3 Å². The molecule has 0 bridgehead atoms. The van der Waals surface area contributed by atoms with Crippen LogP contribution in [0.3, 0.4) is 0 Å². The van der Waals surface area contributed by atoms with Crippen LogP contribution >= 0.6 is 9.24 Å². The van der Waals surface area contributed by atoms with Crippen LogP contribution < -0.4 is 5.32 Å². The molecule has 5 nitrogen and oxygen atoms in total. The van der Waals surface area contributed by atoms with Gasteiger partial charge >= 0.3 is 0 Å². The zero-order chi connectivity index (χ0) is 25.1. The smallest absolute Gasteiger partial charge is 0.285 e. The summed E-state index contributed by atoms with van der Waals surface area (Å²) in [5.41, 5.74) is -4.32. The molecule has 0 saturated carbocycles. The zero-order valence-corrected chi connectivity index (χ0v) is 21.9. The van der Waals surface area contributed by atoms with E-state index in [9.17, 15) is 22.0 Å². The largest absolute Gasteiger partial charge is 0.326 e. The SMILES string of the molecule is CCCCCS(=O)(=O)CCCCCCCC(C)(C)C(=O)Nc1ccc(C#N)c(C(F)(F)P)c1. The lowest BCUT2D eigenvalue weighted by atomic mass is 9.85. The van der Waals surface area contributed by atoms with Crippen LogP contribution in [0.1, 0.15) is 89.7 Å². The lowest BCUT2D eigenvalue weighted by Crippen LogP contribution is -2.30. The van der Waals surface area contributed by atoms with E-state index < -0.39 is 26.5 Å². The summed E-state index contributed by atoms with van der Waals surface area (Å²) in [5, 5.41) is 11.7. The Morgan fingerprint density at radius 3 is 2.21 bits per heavy atom. The molecule has 9 heteroatoms. The number of rotatable bonds is 15. The fourth-order valence-corrected chi connectivity index (χ4v) is 5.23. The van der Waals surface area contributed by atoms with Gasteiger partial charge in [0.05, 0.1) is 23.1 Å². The number of anilines is 1. The van der Waals surface area contributed by atoms with Crippen molar-refractivity contribution in [3.63, 3.8) is 0 Å². The molecule has 0 aromatic heterocycles. The van der Waals surface area contributed by atoms with Crippen LogP contribution in [0, 0.1) is 16.7 Å². The number of sulfone groups is 1. The molecule has 1 N–H and O–H groups in total. The van der Waals surface area contributed by atoms with Crippen molar-refractivity contribution < 1.29 is 22.0 Å². The molecular weight excluding hydrogens is 465 g/mol. The Morgan fingerprint density at radius 2 is 1.64 bits per heavy atom. The second-order valence-corrected chi connectivity index (χ2v) is 12.2. The van der Waals surface area contributed by atoms with E-state index in [-0.39, 0.29) is 28.7 Å². The van der Waals surface area contributed by atoms with Gasteiger partial charge in [-0.25, -0.2) is 8.42 Å². The summed E-state index contributed by atoms with van der Waals surface area (Å²) in [7, 11) is -1.54. The number of hydrogen-bond donors (Lipinski definition) is 1. The van der Waals surface area contributed by atoms with Crippen LogP contribution in [0.5, 0.6) is 0 Å². The minimum atomic E-state index is -3.27. The molecule has 0 aliphatic carbocycles. The van der Waals surface area contributed by atoms with Gasteiger partial charge in [0.25, 0.3) is 5.66 Å². The van der Waals surface area contributed by atoms with E-state index >= 15 is 0 Å².